The first-order valence-corrected chi connectivity index (χ1v) is 7.41. The minimum absolute atomic E-state index is 0.966. The molecule has 1 heterocycles. The molecule has 3 heteroatoms. The number of hydrogen-bond acceptors (Lipinski definition) is 3. The van der Waals surface area contributed by atoms with Gasteiger partial charge in [-0.25, -0.2) is 0 Å². The molecule has 1 aromatic rings. The van der Waals surface area contributed by atoms with Crippen molar-refractivity contribution in [3.63, 3.8) is 0 Å². The molecule has 0 spiro atoms. The lowest BCUT2D eigenvalue weighted by Gasteiger charge is -2.04. The van der Waals surface area contributed by atoms with Crippen LogP contribution in [-0.4, -0.2) is 23.5 Å². The highest BCUT2D eigenvalue weighted by Gasteiger charge is 1.92. The lowest BCUT2D eigenvalue weighted by molar-refractivity contribution is 0.599. The number of rotatable bonds is 9. The summed E-state index contributed by atoms with van der Waals surface area (Å²) in [5.74, 6) is 1.31. The molecule has 0 bridgehead atoms. The molecule has 0 saturated carbocycles. The average molecular weight is 238 g/mol. The van der Waals surface area contributed by atoms with E-state index in [1.54, 1.807) is 0 Å². The summed E-state index contributed by atoms with van der Waals surface area (Å²) in [7, 11) is 0. The molecule has 0 atom stereocenters. The molecule has 0 aliphatic carbocycles. The van der Waals surface area contributed by atoms with Crippen LogP contribution >= 0.6 is 11.8 Å². The molecule has 90 valence electrons. The largest absolute Gasteiger partial charge is 0.313 e. The number of aromatic nitrogens is 1. The van der Waals surface area contributed by atoms with E-state index in [1.807, 2.05) is 24.2 Å². The van der Waals surface area contributed by atoms with Gasteiger partial charge in [-0.05, 0) is 49.1 Å². The van der Waals surface area contributed by atoms with Crippen LogP contribution in [0.1, 0.15) is 31.2 Å². The van der Waals surface area contributed by atoms with Crippen LogP contribution in [0.25, 0.3) is 0 Å². The highest BCUT2D eigenvalue weighted by atomic mass is 32.2. The van der Waals surface area contributed by atoms with Gasteiger partial charge in [0.1, 0.15) is 0 Å². The van der Waals surface area contributed by atoms with Gasteiger partial charge >= 0.3 is 0 Å². The van der Waals surface area contributed by atoms with Crippen LogP contribution in [0.2, 0.25) is 0 Å². The van der Waals surface area contributed by atoms with Gasteiger partial charge in [0.15, 0.2) is 0 Å². The number of nitrogens with zero attached hydrogens (tertiary/aromatic N) is 1. The summed E-state index contributed by atoms with van der Waals surface area (Å²) in [5, 5.41) is 3.46. The maximum Gasteiger partial charge on any atom is 0.0271 e. The number of thioether (sulfide) groups is 1. The molecule has 0 aliphatic heterocycles. The van der Waals surface area contributed by atoms with Gasteiger partial charge in [-0.1, -0.05) is 12.8 Å². The standard InChI is InChI=1S/C13H22N2S/c1-16-11-5-3-2-4-8-15-12-13-6-9-14-10-7-13/h6-7,9-10,15H,2-5,8,11-12H2,1H3. The summed E-state index contributed by atoms with van der Waals surface area (Å²) >= 11 is 1.95. The van der Waals surface area contributed by atoms with E-state index in [2.05, 4.69) is 28.7 Å². The number of pyridine rings is 1. The maximum absolute atomic E-state index is 4.00. The van der Waals surface area contributed by atoms with Gasteiger partial charge in [-0.2, -0.15) is 11.8 Å². The van der Waals surface area contributed by atoms with Crippen molar-refractivity contribution in [3.8, 4) is 0 Å². The fourth-order valence-electron chi connectivity index (χ4n) is 1.58. The molecule has 1 aromatic heterocycles. The molecule has 0 saturated heterocycles. The topological polar surface area (TPSA) is 24.9 Å². The van der Waals surface area contributed by atoms with Crippen LogP contribution in [-0.2, 0) is 6.54 Å². The Morgan fingerprint density at radius 3 is 2.62 bits per heavy atom. The summed E-state index contributed by atoms with van der Waals surface area (Å²) in [4.78, 5) is 4.00. The lowest BCUT2D eigenvalue weighted by atomic mass is 10.2. The molecule has 1 N–H and O–H groups in total. The third-order valence-corrected chi connectivity index (χ3v) is 3.23. The van der Waals surface area contributed by atoms with Crippen LogP contribution < -0.4 is 5.32 Å². The van der Waals surface area contributed by atoms with Gasteiger partial charge in [0, 0.05) is 18.9 Å². The van der Waals surface area contributed by atoms with E-state index in [4.69, 9.17) is 0 Å². The quantitative estimate of drug-likeness (QED) is 0.669. The van der Waals surface area contributed by atoms with Gasteiger partial charge in [0.25, 0.3) is 0 Å². The van der Waals surface area contributed by atoms with Gasteiger partial charge in [0.2, 0.25) is 0 Å². The normalized spacial score (nSPS) is 10.6. The summed E-state index contributed by atoms with van der Waals surface area (Å²) in [6.07, 6.45) is 11.3. The Kier molecular flexibility index (Phi) is 8.17. The predicted molar refractivity (Wildman–Crippen MR) is 72.8 cm³/mol. The van der Waals surface area contributed by atoms with Crippen molar-refractivity contribution in [2.24, 2.45) is 0 Å². The first-order chi connectivity index (χ1) is 7.93. The second kappa shape index (κ2) is 9.67. The van der Waals surface area contributed by atoms with Crippen molar-refractivity contribution < 1.29 is 0 Å². The Morgan fingerprint density at radius 2 is 1.88 bits per heavy atom. The predicted octanol–water partition coefficient (Wildman–Crippen LogP) is 3.09. The van der Waals surface area contributed by atoms with Crippen molar-refractivity contribution in [2.45, 2.75) is 32.2 Å². The smallest absolute Gasteiger partial charge is 0.0271 e. The summed E-state index contributed by atoms with van der Waals surface area (Å²) < 4.78 is 0. The van der Waals surface area contributed by atoms with Crippen molar-refractivity contribution >= 4 is 11.8 Å². The van der Waals surface area contributed by atoms with Crippen LogP contribution in [0, 0.1) is 0 Å². The van der Waals surface area contributed by atoms with Gasteiger partial charge in [-0.15, -0.1) is 0 Å². The zero-order chi connectivity index (χ0) is 11.5. The zero-order valence-electron chi connectivity index (χ0n) is 10.1. The molecular formula is C13H22N2S. The van der Waals surface area contributed by atoms with Crippen LogP contribution in [0.15, 0.2) is 24.5 Å². The van der Waals surface area contributed by atoms with E-state index in [0.29, 0.717) is 0 Å². The Hall–Kier alpha value is -0.540. The number of hydrogen-bond donors (Lipinski definition) is 1. The van der Waals surface area contributed by atoms with E-state index in [0.717, 1.165) is 13.1 Å². The van der Waals surface area contributed by atoms with Crippen LogP contribution in [0.4, 0.5) is 0 Å². The van der Waals surface area contributed by atoms with E-state index in [1.165, 1.54) is 37.0 Å². The fourth-order valence-corrected chi connectivity index (χ4v) is 2.08. The highest BCUT2D eigenvalue weighted by Crippen LogP contribution is 2.04. The Bertz CT molecular complexity index is 251. The van der Waals surface area contributed by atoms with Crippen molar-refractivity contribution in [2.75, 3.05) is 18.6 Å². The van der Waals surface area contributed by atoms with Gasteiger partial charge < -0.3 is 5.32 Å². The Balaban J connectivity index is 1.89. The molecule has 0 aliphatic rings. The minimum atomic E-state index is 0.966. The first kappa shape index (κ1) is 13.5. The molecule has 16 heavy (non-hydrogen) atoms. The minimum Gasteiger partial charge on any atom is -0.313 e. The highest BCUT2D eigenvalue weighted by molar-refractivity contribution is 7.98. The van der Waals surface area contributed by atoms with Crippen molar-refractivity contribution in [1.29, 1.82) is 0 Å². The molecule has 1 rings (SSSR count). The van der Waals surface area contributed by atoms with E-state index < -0.39 is 0 Å². The maximum atomic E-state index is 4.00. The number of unbranched alkanes of at least 4 members (excludes halogenated alkanes) is 3. The molecule has 0 unspecified atom stereocenters. The molecule has 0 amide bonds. The molecule has 2 nitrogen and oxygen atoms in total. The lowest BCUT2D eigenvalue weighted by Crippen LogP contribution is -2.14. The van der Waals surface area contributed by atoms with Gasteiger partial charge in [-0.3, -0.25) is 4.98 Å². The molecule has 0 radical (unpaired) electrons. The van der Waals surface area contributed by atoms with Crippen LogP contribution in [0.3, 0.4) is 0 Å². The first-order valence-electron chi connectivity index (χ1n) is 6.02. The van der Waals surface area contributed by atoms with E-state index in [-0.39, 0.29) is 0 Å². The molecule has 0 aromatic carbocycles. The summed E-state index contributed by atoms with van der Waals surface area (Å²) in [5.41, 5.74) is 1.32. The van der Waals surface area contributed by atoms with E-state index in [9.17, 15) is 0 Å². The van der Waals surface area contributed by atoms with Gasteiger partial charge in [0.05, 0.1) is 0 Å². The third-order valence-electron chi connectivity index (χ3n) is 2.53. The SMILES string of the molecule is CSCCCCCCNCc1ccncc1. The summed E-state index contributed by atoms with van der Waals surface area (Å²) in [6, 6.07) is 4.12. The zero-order valence-corrected chi connectivity index (χ0v) is 10.9. The Labute approximate surface area is 103 Å². The van der Waals surface area contributed by atoms with Crippen molar-refractivity contribution in [3.05, 3.63) is 30.1 Å². The number of nitrogens with one attached hydrogen (secondary N) is 1. The molecular weight excluding hydrogens is 216 g/mol. The van der Waals surface area contributed by atoms with Crippen LogP contribution in [0.5, 0.6) is 0 Å². The Morgan fingerprint density at radius 1 is 1.12 bits per heavy atom. The molecule has 0 fully saturated rings. The second-order valence-electron chi connectivity index (χ2n) is 3.94. The summed E-state index contributed by atoms with van der Waals surface area (Å²) in [6.45, 7) is 2.09. The second-order valence-corrected chi connectivity index (χ2v) is 4.92. The van der Waals surface area contributed by atoms with Crippen molar-refractivity contribution in [1.82, 2.24) is 10.3 Å². The fraction of sp³-hybridized carbons (Fsp3) is 0.615. The monoisotopic (exact) mass is 238 g/mol. The van der Waals surface area contributed by atoms with E-state index >= 15 is 0 Å². The average Bonchev–Trinajstić information content (AvgIpc) is 2.34. The third kappa shape index (κ3) is 6.85.